The van der Waals surface area contributed by atoms with Crippen molar-refractivity contribution in [3.63, 3.8) is 0 Å². The number of anilines is 2. The molecule has 13 heteroatoms. The minimum atomic E-state index is -4.16. The molecule has 226 valence electrons. The first kappa shape index (κ1) is 32.1. The van der Waals surface area contributed by atoms with Crippen molar-refractivity contribution in [1.29, 1.82) is 0 Å². The highest BCUT2D eigenvalue weighted by atomic mass is 32.2. The van der Waals surface area contributed by atoms with E-state index in [4.69, 9.17) is 18.9 Å². The van der Waals surface area contributed by atoms with Gasteiger partial charge in [-0.15, -0.1) is 0 Å². The molecule has 1 fully saturated rings. The fourth-order valence-corrected chi connectivity index (χ4v) is 4.83. The van der Waals surface area contributed by atoms with Crippen LogP contribution < -0.4 is 19.5 Å². The van der Waals surface area contributed by atoms with Gasteiger partial charge < -0.3 is 29.0 Å². The second-order valence-electron chi connectivity index (χ2n) is 9.69. The Morgan fingerprint density at radius 1 is 1.27 bits per heavy atom. The van der Waals surface area contributed by atoms with Crippen LogP contribution in [0.1, 0.15) is 52.0 Å². The number of nitrogens with zero attached hydrogens (tertiary/aromatic N) is 3. The van der Waals surface area contributed by atoms with E-state index >= 15 is 0 Å². The first-order valence-electron chi connectivity index (χ1n) is 13.7. The molecule has 0 radical (unpaired) electrons. The number of nitrogens with one attached hydrogen (secondary N) is 2. The van der Waals surface area contributed by atoms with E-state index in [-0.39, 0.29) is 47.1 Å². The molecule has 41 heavy (non-hydrogen) atoms. The molecule has 3 N–H and O–H groups in total. The normalized spacial score (nSPS) is 16.7. The van der Waals surface area contributed by atoms with Crippen molar-refractivity contribution in [3.8, 4) is 11.6 Å². The fraction of sp³-hybridized carbons (Fsp3) is 0.536. The number of rotatable bonds is 16. The lowest BCUT2D eigenvalue weighted by Crippen LogP contribution is -2.24. The molecule has 1 saturated heterocycles. The summed E-state index contributed by atoms with van der Waals surface area (Å²) in [6.45, 7) is 9.34. The number of methoxy groups -OCH3 is 1. The third kappa shape index (κ3) is 9.30. The van der Waals surface area contributed by atoms with Crippen molar-refractivity contribution in [2.45, 2.75) is 63.7 Å². The number of hydrogen-bond donors (Lipinski definition) is 2. The van der Waals surface area contributed by atoms with E-state index in [1.165, 1.54) is 6.07 Å². The SMILES string of the molecule is C/C=C\C=C(\[OH+]C)C(C)Oc1c(NS(=O)(=O)c2ccc(C(C)C)cn2)nc(NCCOC)nc1OCC1CCCO1. The summed E-state index contributed by atoms with van der Waals surface area (Å²) in [4.78, 5) is 13.1. The molecule has 12 nitrogen and oxygen atoms in total. The molecule has 2 atom stereocenters. The van der Waals surface area contributed by atoms with Crippen molar-refractivity contribution in [1.82, 2.24) is 15.0 Å². The third-order valence-electron chi connectivity index (χ3n) is 6.21. The van der Waals surface area contributed by atoms with Gasteiger partial charge in [0.15, 0.2) is 18.0 Å². The molecular formula is C28H42N5O7S+. The highest BCUT2D eigenvalue weighted by Crippen LogP contribution is 2.37. The van der Waals surface area contributed by atoms with Crippen molar-refractivity contribution in [3.05, 3.63) is 47.9 Å². The van der Waals surface area contributed by atoms with Crippen molar-refractivity contribution < 1.29 is 32.1 Å². The average molecular weight is 593 g/mol. The summed E-state index contributed by atoms with van der Waals surface area (Å²) in [5.74, 6) is 0.930. The quantitative estimate of drug-likeness (QED) is 0.128. The second kappa shape index (κ2) is 15.5. The van der Waals surface area contributed by atoms with Crippen LogP contribution >= 0.6 is 0 Å². The molecule has 0 saturated carbocycles. The Bertz CT molecular complexity index is 1280. The van der Waals surface area contributed by atoms with Gasteiger partial charge in [0, 0.05) is 32.5 Å². The summed E-state index contributed by atoms with van der Waals surface area (Å²) in [6, 6.07) is 3.20. The lowest BCUT2D eigenvalue weighted by Gasteiger charge is -2.21. The van der Waals surface area contributed by atoms with Gasteiger partial charge in [-0.05, 0) is 44.2 Å². The summed E-state index contributed by atoms with van der Waals surface area (Å²) in [6.07, 6.45) is 8.15. The lowest BCUT2D eigenvalue weighted by atomic mass is 10.1. The Kier molecular flexibility index (Phi) is 12.2. The van der Waals surface area contributed by atoms with E-state index in [1.54, 1.807) is 33.4 Å². The van der Waals surface area contributed by atoms with E-state index in [2.05, 4.69) is 29.7 Å². The molecule has 1 aliphatic rings. The van der Waals surface area contributed by atoms with Crippen molar-refractivity contribution in [2.24, 2.45) is 0 Å². The van der Waals surface area contributed by atoms with E-state index in [1.807, 2.05) is 39.0 Å². The van der Waals surface area contributed by atoms with Gasteiger partial charge in [-0.1, -0.05) is 32.1 Å². The van der Waals surface area contributed by atoms with Crippen LogP contribution in [0.25, 0.3) is 0 Å². The lowest BCUT2D eigenvalue weighted by molar-refractivity contribution is 0.0374. The molecule has 0 bridgehead atoms. The Hall–Kier alpha value is -3.42. The van der Waals surface area contributed by atoms with Gasteiger partial charge in [0.25, 0.3) is 21.7 Å². The second-order valence-corrected chi connectivity index (χ2v) is 11.3. The molecular weight excluding hydrogens is 550 g/mol. The topological polar surface area (TPSA) is 147 Å². The highest BCUT2D eigenvalue weighted by Gasteiger charge is 2.28. The van der Waals surface area contributed by atoms with Crippen molar-refractivity contribution in [2.75, 3.05) is 50.6 Å². The Labute approximate surface area is 242 Å². The maximum absolute atomic E-state index is 13.5. The minimum absolute atomic E-state index is 0.0187. The predicted molar refractivity (Wildman–Crippen MR) is 157 cm³/mol. The molecule has 2 aromatic rings. The number of allylic oxidation sites excluding steroid dienone is 3. The van der Waals surface area contributed by atoms with Crippen LogP contribution in [0.4, 0.5) is 11.8 Å². The van der Waals surface area contributed by atoms with Gasteiger partial charge in [0.05, 0.1) is 12.7 Å². The van der Waals surface area contributed by atoms with E-state index in [0.717, 1.165) is 18.4 Å². The van der Waals surface area contributed by atoms with Gasteiger partial charge in [-0.25, -0.2) is 4.98 Å². The minimum Gasteiger partial charge on any atom is -0.585 e. The van der Waals surface area contributed by atoms with Crippen LogP contribution in [-0.2, 0) is 19.5 Å². The summed E-state index contributed by atoms with van der Waals surface area (Å²) in [5.41, 5.74) is 0.919. The zero-order valence-electron chi connectivity index (χ0n) is 24.6. The van der Waals surface area contributed by atoms with Gasteiger partial charge in [-0.2, -0.15) is 18.4 Å². The first-order chi connectivity index (χ1) is 19.7. The maximum atomic E-state index is 13.5. The molecule has 0 aromatic carbocycles. The summed E-state index contributed by atoms with van der Waals surface area (Å²) in [5, 5.41) is 2.88. The molecule has 0 aliphatic carbocycles. The first-order valence-corrected chi connectivity index (χ1v) is 15.1. The smallest absolute Gasteiger partial charge is 0.280 e. The Morgan fingerprint density at radius 2 is 2.07 bits per heavy atom. The molecule has 2 unspecified atom stereocenters. The van der Waals surface area contributed by atoms with Crippen LogP contribution in [0.5, 0.6) is 11.6 Å². The maximum Gasteiger partial charge on any atom is 0.280 e. The number of pyridine rings is 1. The van der Waals surface area contributed by atoms with E-state index < -0.39 is 16.1 Å². The summed E-state index contributed by atoms with van der Waals surface area (Å²) in [7, 11) is -0.929. The monoisotopic (exact) mass is 592 g/mol. The molecule has 3 heterocycles. The zero-order valence-corrected chi connectivity index (χ0v) is 25.4. The molecule has 2 aromatic heterocycles. The number of aromatic nitrogens is 3. The van der Waals surface area contributed by atoms with Gasteiger partial charge in [-0.3, -0.25) is 4.72 Å². The number of aliphatic hydroxyl groups is 2. The average Bonchev–Trinajstić information content (AvgIpc) is 3.47. The zero-order chi connectivity index (χ0) is 29.8. The van der Waals surface area contributed by atoms with Crippen LogP contribution in [0.2, 0.25) is 0 Å². The molecule has 0 spiro atoms. The van der Waals surface area contributed by atoms with Gasteiger partial charge in [0.1, 0.15) is 6.61 Å². The van der Waals surface area contributed by atoms with E-state index in [9.17, 15) is 8.42 Å². The van der Waals surface area contributed by atoms with Gasteiger partial charge in [0.2, 0.25) is 17.8 Å². The van der Waals surface area contributed by atoms with Crippen LogP contribution in [0.15, 0.2) is 47.3 Å². The highest BCUT2D eigenvalue weighted by molar-refractivity contribution is 7.92. The number of ether oxygens (including phenoxy) is 5. The third-order valence-corrected chi connectivity index (χ3v) is 7.47. The van der Waals surface area contributed by atoms with Gasteiger partial charge >= 0.3 is 0 Å². The molecule has 3 rings (SSSR count). The fourth-order valence-electron chi connectivity index (χ4n) is 3.89. The number of sulfonamides is 1. The van der Waals surface area contributed by atoms with Crippen molar-refractivity contribution >= 4 is 21.8 Å². The van der Waals surface area contributed by atoms with E-state index in [0.29, 0.717) is 25.5 Å². The van der Waals surface area contributed by atoms with Crippen LogP contribution in [0.3, 0.4) is 0 Å². The Balaban J connectivity index is 2.06. The van der Waals surface area contributed by atoms with Crippen LogP contribution in [0, 0.1) is 0 Å². The summed E-state index contributed by atoms with van der Waals surface area (Å²) < 4.78 is 57.0. The number of hydrogen-bond acceptors (Lipinski definition) is 10. The standard InChI is InChI=1S/C28H41N5O7S/c1-7-8-11-23(37-6)20(4)40-25-26(33-41(34,35)24-13-12-21(17-30-24)19(2)3)31-28(29-14-16-36-5)32-27(25)39-18-22-10-9-15-38-22/h7-8,11-13,17,19-20,22H,9-10,14-16,18H2,1-6H3,(H2,29,31,32,33)/p+1/b8-7-,23-11+. The Morgan fingerprint density at radius 3 is 2.68 bits per heavy atom. The summed E-state index contributed by atoms with van der Waals surface area (Å²) >= 11 is 0. The molecule has 0 amide bonds. The molecule has 1 aliphatic heterocycles. The largest absolute Gasteiger partial charge is 0.585 e. The van der Waals surface area contributed by atoms with Crippen LogP contribution in [-0.4, -0.2) is 80.9 Å². The predicted octanol–water partition coefficient (Wildman–Crippen LogP) is 3.80.